The third-order valence-corrected chi connectivity index (χ3v) is 5.18. The van der Waals surface area contributed by atoms with Gasteiger partial charge in [-0.05, 0) is 19.4 Å². The van der Waals surface area contributed by atoms with Crippen LogP contribution in [0.5, 0.6) is 5.75 Å². The largest absolute Gasteiger partial charge is 0.493 e. The number of fused-ring (bicyclic) bond motifs is 1. The standard InChI is InChI=1S/C15H20N2OS/c1-3-15(2)10-19-14(17-15)16-12-8-9-18-13-7-5-4-6-11(12)13/h4-7,12H,3,8-10H2,1-2H3,(H,16,17). The van der Waals surface area contributed by atoms with E-state index < -0.39 is 0 Å². The van der Waals surface area contributed by atoms with Crippen molar-refractivity contribution in [1.29, 1.82) is 0 Å². The van der Waals surface area contributed by atoms with Crippen molar-refractivity contribution in [3.8, 4) is 5.75 Å². The molecule has 0 saturated carbocycles. The van der Waals surface area contributed by atoms with Crippen LogP contribution in [0.25, 0.3) is 0 Å². The van der Waals surface area contributed by atoms with Crippen molar-refractivity contribution in [2.75, 3.05) is 12.4 Å². The number of nitrogens with one attached hydrogen (secondary N) is 1. The molecule has 1 fully saturated rings. The smallest absolute Gasteiger partial charge is 0.157 e. The summed E-state index contributed by atoms with van der Waals surface area (Å²) in [5, 5.41) is 4.66. The number of amidine groups is 1. The van der Waals surface area contributed by atoms with E-state index in [9.17, 15) is 0 Å². The predicted molar refractivity (Wildman–Crippen MR) is 81.0 cm³/mol. The number of para-hydroxylation sites is 1. The van der Waals surface area contributed by atoms with Crippen LogP contribution in [-0.2, 0) is 0 Å². The Morgan fingerprint density at radius 1 is 1.47 bits per heavy atom. The van der Waals surface area contributed by atoms with Crippen molar-refractivity contribution in [2.24, 2.45) is 4.99 Å². The lowest BCUT2D eigenvalue weighted by atomic mass is 10.0. The predicted octanol–water partition coefficient (Wildman–Crippen LogP) is 3.37. The Morgan fingerprint density at radius 3 is 3.11 bits per heavy atom. The minimum absolute atomic E-state index is 0.203. The summed E-state index contributed by atoms with van der Waals surface area (Å²) in [5.41, 5.74) is 1.42. The van der Waals surface area contributed by atoms with E-state index in [4.69, 9.17) is 9.73 Å². The van der Waals surface area contributed by atoms with E-state index in [1.807, 2.05) is 23.9 Å². The molecule has 2 aliphatic rings. The molecule has 19 heavy (non-hydrogen) atoms. The molecular formula is C15H20N2OS. The van der Waals surface area contributed by atoms with Crippen LogP contribution < -0.4 is 10.1 Å². The van der Waals surface area contributed by atoms with Gasteiger partial charge >= 0.3 is 0 Å². The number of hydrogen-bond donors (Lipinski definition) is 1. The highest BCUT2D eigenvalue weighted by molar-refractivity contribution is 8.14. The second kappa shape index (κ2) is 5.08. The van der Waals surface area contributed by atoms with E-state index in [0.29, 0.717) is 0 Å². The molecule has 4 heteroatoms. The molecule has 3 nitrogen and oxygen atoms in total. The molecule has 0 bridgehead atoms. The Bertz CT molecular complexity index is 503. The number of rotatable bonds is 2. The first kappa shape index (κ1) is 12.9. The molecule has 0 amide bonds. The van der Waals surface area contributed by atoms with Gasteiger partial charge in [0.05, 0.1) is 12.6 Å². The molecule has 102 valence electrons. The van der Waals surface area contributed by atoms with Gasteiger partial charge < -0.3 is 10.1 Å². The summed E-state index contributed by atoms with van der Waals surface area (Å²) in [5.74, 6) is 2.09. The molecule has 1 N–H and O–H groups in total. The van der Waals surface area contributed by atoms with Crippen molar-refractivity contribution in [3.05, 3.63) is 29.8 Å². The highest BCUT2D eigenvalue weighted by Gasteiger charge is 2.31. The monoisotopic (exact) mass is 276 g/mol. The fourth-order valence-electron chi connectivity index (χ4n) is 2.42. The highest BCUT2D eigenvalue weighted by atomic mass is 32.2. The highest BCUT2D eigenvalue weighted by Crippen LogP contribution is 2.36. The maximum Gasteiger partial charge on any atom is 0.157 e. The molecule has 0 aromatic heterocycles. The van der Waals surface area contributed by atoms with E-state index in [-0.39, 0.29) is 11.6 Å². The summed E-state index contributed by atoms with van der Waals surface area (Å²) >= 11 is 1.84. The van der Waals surface area contributed by atoms with Gasteiger partial charge in [0.1, 0.15) is 5.75 Å². The van der Waals surface area contributed by atoms with Crippen LogP contribution in [0.1, 0.15) is 38.3 Å². The van der Waals surface area contributed by atoms with Gasteiger partial charge in [0.25, 0.3) is 0 Å². The van der Waals surface area contributed by atoms with E-state index in [2.05, 4.69) is 31.3 Å². The Labute approximate surface area is 118 Å². The molecular weight excluding hydrogens is 256 g/mol. The lowest BCUT2D eigenvalue weighted by Gasteiger charge is -2.24. The lowest BCUT2D eigenvalue weighted by Crippen LogP contribution is -2.39. The number of thioether (sulfide) groups is 1. The number of hydrogen-bond acceptors (Lipinski definition) is 3. The van der Waals surface area contributed by atoms with Crippen LogP contribution in [0.3, 0.4) is 0 Å². The van der Waals surface area contributed by atoms with Gasteiger partial charge in [0.2, 0.25) is 0 Å². The first-order valence-corrected chi connectivity index (χ1v) is 7.89. The fourth-order valence-corrected chi connectivity index (χ4v) is 3.67. The zero-order chi connectivity index (χ0) is 13.3. The SMILES string of the molecule is CCC1(C)CSC(=NC2CCOc3ccccc32)N1. The molecule has 3 rings (SSSR count). The van der Waals surface area contributed by atoms with Crippen molar-refractivity contribution in [1.82, 2.24) is 5.32 Å². The van der Waals surface area contributed by atoms with Gasteiger partial charge in [-0.25, -0.2) is 0 Å². The Kier molecular flexibility index (Phi) is 3.44. The summed E-state index contributed by atoms with van der Waals surface area (Å²) < 4.78 is 5.68. The molecule has 2 heterocycles. The molecule has 0 radical (unpaired) electrons. The summed E-state index contributed by atoms with van der Waals surface area (Å²) in [6, 6.07) is 8.48. The summed E-state index contributed by atoms with van der Waals surface area (Å²) in [6.45, 7) is 5.24. The van der Waals surface area contributed by atoms with Crippen molar-refractivity contribution < 1.29 is 4.74 Å². The number of ether oxygens (including phenoxy) is 1. The van der Waals surface area contributed by atoms with Crippen molar-refractivity contribution in [2.45, 2.75) is 38.3 Å². The van der Waals surface area contributed by atoms with E-state index in [0.717, 1.165) is 36.1 Å². The molecule has 2 atom stereocenters. The zero-order valence-electron chi connectivity index (χ0n) is 11.5. The van der Waals surface area contributed by atoms with Crippen LogP contribution >= 0.6 is 11.8 Å². The van der Waals surface area contributed by atoms with Gasteiger partial charge in [-0.15, -0.1) is 0 Å². The summed E-state index contributed by atoms with van der Waals surface area (Å²) in [7, 11) is 0. The van der Waals surface area contributed by atoms with Crippen LogP contribution in [0, 0.1) is 0 Å². The van der Waals surface area contributed by atoms with Gasteiger partial charge in [0, 0.05) is 23.3 Å². The minimum atomic E-state index is 0.203. The second-order valence-electron chi connectivity index (χ2n) is 5.45. The van der Waals surface area contributed by atoms with E-state index in [1.165, 1.54) is 5.56 Å². The topological polar surface area (TPSA) is 33.6 Å². The maximum atomic E-state index is 5.68. The molecule has 2 aliphatic heterocycles. The number of aliphatic imine (C=N–C) groups is 1. The normalized spacial score (nSPS) is 31.7. The van der Waals surface area contributed by atoms with Crippen LogP contribution in [0.2, 0.25) is 0 Å². The number of benzene rings is 1. The Balaban J connectivity index is 1.82. The molecule has 0 aliphatic carbocycles. The minimum Gasteiger partial charge on any atom is -0.493 e. The third-order valence-electron chi connectivity index (χ3n) is 3.92. The quantitative estimate of drug-likeness (QED) is 0.899. The van der Waals surface area contributed by atoms with E-state index >= 15 is 0 Å². The van der Waals surface area contributed by atoms with Crippen molar-refractivity contribution >= 4 is 16.9 Å². The van der Waals surface area contributed by atoms with Gasteiger partial charge in [-0.2, -0.15) is 0 Å². The van der Waals surface area contributed by atoms with Crippen LogP contribution in [0.15, 0.2) is 29.3 Å². The molecule has 1 saturated heterocycles. The summed E-state index contributed by atoms with van der Waals surface area (Å²) in [4.78, 5) is 4.91. The molecule has 0 spiro atoms. The molecule has 1 aromatic rings. The first-order valence-electron chi connectivity index (χ1n) is 6.91. The molecule has 2 unspecified atom stereocenters. The number of nitrogens with zero attached hydrogens (tertiary/aromatic N) is 1. The Hall–Kier alpha value is -1.16. The van der Waals surface area contributed by atoms with Crippen molar-refractivity contribution in [3.63, 3.8) is 0 Å². The lowest BCUT2D eigenvalue weighted by molar-refractivity contribution is 0.269. The van der Waals surface area contributed by atoms with Gasteiger partial charge in [-0.1, -0.05) is 36.9 Å². The average molecular weight is 276 g/mol. The van der Waals surface area contributed by atoms with Crippen LogP contribution in [-0.4, -0.2) is 23.1 Å². The third kappa shape index (κ3) is 2.59. The first-order chi connectivity index (χ1) is 9.20. The Morgan fingerprint density at radius 2 is 2.32 bits per heavy atom. The molecule has 1 aromatic carbocycles. The summed E-state index contributed by atoms with van der Waals surface area (Å²) in [6.07, 6.45) is 2.09. The van der Waals surface area contributed by atoms with Gasteiger partial charge in [0.15, 0.2) is 5.17 Å². The fraction of sp³-hybridized carbons (Fsp3) is 0.533. The maximum absolute atomic E-state index is 5.68. The second-order valence-corrected chi connectivity index (χ2v) is 6.42. The van der Waals surface area contributed by atoms with Crippen LogP contribution in [0.4, 0.5) is 0 Å². The van der Waals surface area contributed by atoms with E-state index in [1.54, 1.807) is 0 Å². The van der Waals surface area contributed by atoms with Gasteiger partial charge in [-0.3, -0.25) is 4.99 Å². The average Bonchev–Trinajstić information content (AvgIpc) is 2.82. The zero-order valence-corrected chi connectivity index (χ0v) is 12.3.